The Bertz CT molecular complexity index is 957. The molecule has 6 nitrogen and oxygen atoms in total. The number of aromatic amines is 1. The predicted octanol–water partition coefficient (Wildman–Crippen LogP) is 3.30. The van der Waals surface area contributed by atoms with Crippen LogP contribution < -0.4 is 4.90 Å². The number of nitrogens with one attached hydrogen (secondary N) is 1. The molecule has 0 spiro atoms. The summed E-state index contributed by atoms with van der Waals surface area (Å²) in [4.78, 5) is 16.0. The molecule has 3 aromatic heterocycles. The topological polar surface area (TPSA) is 70.6 Å². The van der Waals surface area contributed by atoms with Crippen molar-refractivity contribution in [2.45, 2.75) is 18.9 Å². The van der Waals surface area contributed by atoms with Gasteiger partial charge >= 0.3 is 0 Å². The first-order valence-corrected chi connectivity index (χ1v) is 8.48. The Morgan fingerprint density at radius 2 is 2.17 bits per heavy atom. The summed E-state index contributed by atoms with van der Waals surface area (Å²) in [5, 5.41) is 9.16. The fraction of sp³-hybridized carbons (Fsp3) is 0.250. The highest BCUT2D eigenvalue weighted by atomic mass is 32.1. The minimum atomic E-state index is 0.278. The summed E-state index contributed by atoms with van der Waals surface area (Å²) in [6.07, 6.45) is 5.65. The van der Waals surface area contributed by atoms with Crippen LogP contribution in [0.5, 0.6) is 0 Å². The van der Waals surface area contributed by atoms with Gasteiger partial charge in [0.25, 0.3) is 0 Å². The van der Waals surface area contributed by atoms with E-state index in [1.54, 1.807) is 23.9 Å². The third-order valence-electron chi connectivity index (χ3n) is 4.35. The average molecular weight is 322 g/mol. The van der Waals surface area contributed by atoms with Crippen molar-refractivity contribution in [1.82, 2.24) is 25.1 Å². The molecule has 0 amide bonds. The Balaban J connectivity index is 1.61. The molecule has 1 aromatic carbocycles. The molecule has 0 aliphatic carbocycles. The number of fused-ring (bicyclic) bond motifs is 2. The van der Waals surface area contributed by atoms with Crippen molar-refractivity contribution in [3.63, 3.8) is 0 Å². The normalized spacial score (nSPS) is 18.3. The van der Waals surface area contributed by atoms with E-state index in [0.29, 0.717) is 0 Å². The third-order valence-corrected chi connectivity index (χ3v) is 5.48. The highest BCUT2D eigenvalue weighted by Gasteiger charge is 2.31. The zero-order valence-corrected chi connectivity index (χ0v) is 13.1. The second-order valence-corrected chi connectivity index (χ2v) is 6.76. The van der Waals surface area contributed by atoms with Crippen LogP contribution in [0.25, 0.3) is 21.3 Å². The summed E-state index contributed by atoms with van der Waals surface area (Å²) in [7, 11) is 0. The molecule has 1 atom stereocenters. The number of benzene rings is 1. The predicted molar refractivity (Wildman–Crippen MR) is 90.6 cm³/mol. The maximum absolute atomic E-state index is 4.85. The molecule has 1 aliphatic rings. The van der Waals surface area contributed by atoms with Crippen molar-refractivity contribution in [3.05, 3.63) is 41.8 Å². The van der Waals surface area contributed by atoms with Gasteiger partial charge in [-0.05, 0) is 25.0 Å². The minimum Gasteiger partial charge on any atom is -0.346 e. The van der Waals surface area contributed by atoms with Crippen LogP contribution in [-0.4, -0.2) is 31.7 Å². The monoisotopic (exact) mass is 322 g/mol. The van der Waals surface area contributed by atoms with E-state index < -0.39 is 0 Å². The summed E-state index contributed by atoms with van der Waals surface area (Å²) in [6.45, 7) is 0.984. The lowest BCUT2D eigenvalue weighted by Crippen LogP contribution is -2.23. The number of nitrogens with zero attached hydrogens (tertiary/aromatic N) is 5. The van der Waals surface area contributed by atoms with Gasteiger partial charge in [0, 0.05) is 6.54 Å². The molecule has 1 N–H and O–H groups in total. The highest BCUT2D eigenvalue weighted by Crippen LogP contribution is 2.40. The second kappa shape index (κ2) is 4.99. The van der Waals surface area contributed by atoms with Crippen LogP contribution in [0.1, 0.15) is 23.9 Å². The second-order valence-electron chi connectivity index (χ2n) is 5.70. The number of rotatable bonds is 2. The number of para-hydroxylation sites is 1. The van der Waals surface area contributed by atoms with Gasteiger partial charge in [-0.25, -0.2) is 15.0 Å². The maximum atomic E-state index is 4.85. The number of H-pyrrole nitrogens is 1. The van der Waals surface area contributed by atoms with E-state index in [4.69, 9.17) is 4.98 Å². The molecule has 23 heavy (non-hydrogen) atoms. The average Bonchev–Trinajstić information content (AvgIpc) is 3.31. The first kappa shape index (κ1) is 13.0. The van der Waals surface area contributed by atoms with Crippen LogP contribution >= 0.6 is 11.3 Å². The van der Waals surface area contributed by atoms with Crippen molar-refractivity contribution >= 4 is 38.4 Å². The van der Waals surface area contributed by atoms with E-state index in [9.17, 15) is 0 Å². The van der Waals surface area contributed by atoms with E-state index in [1.807, 2.05) is 6.07 Å². The quantitative estimate of drug-likeness (QED) is 0.613. The fourth-order valence-electron chi connectivity index (χ4n) is 3.29. The van der Waals surface area contributed by atoms with Crippen molar-refractivity contribution in [3.8, 4) is 0 Å². The van der Waals surface area contributed by atoms with Crippen molar-refractivity contribution in [2.24, 2.45) is 0 Å². The summed E-state index contributed by atoms with van der Waals surface area (Å²) < 4.78 is 1.24. The van der Waals surface area contributed by atoms with E-state index in [2.05, 4.69) is 43.3 Å². The fourth-order valence-corrected chi connectivity index (χ4v) is 4.41. The summed E-state index contributed by atoms with van der Waals surface area (Å²) in [5.41, 5.74) is 1.86. The van der Waals surface area contributed by atoms with Crippen LogP contribution in [0.2, 0.25) is 0 Å². The molecule has 1 fully saturated rings. The Kier molecular flexibility index (Phi) is 2.81. The van der Waals surface area contributed by atoms with Gasteiger partial charge in [-0.3, -0.25) is 5.10 Å². The van der Waals surface area contributed by atoms with Crippen molar-refractivity contribution in [2.75, 3.05) is 11.4 Å². The van der Waals surface area contributed by atoms with Crippen molar-refractivity contribution < 1.29 is 0 Å². The zero-order chi connectivity index (χ0) is 15.2. The molecular weight excluding hydrogens is 308 g/mol. The summed E-state index contributed by atoms with van der Waals surface area (Å²) in [6, 6.07) is 8.59. The summed E-state index contributed by atoms with van der Waals surface area (Å²) >= 11 is 1.78. The first-order chi connectivity index (χ1) is 11.4. The molecule has 0 radical (unpaired) electrons. The van der Waals surface area contributed by atoms with E-state index >= 15 is 0 Å². The Hall–Kier alpha value is -2.54. The van der Waals surface area contributed by atoms with Gasteiger partial charge < -0.3 is 4.90 Å². The minimum absolute atomic E-state index is 0.278. The number of anilines is 1. The van der Waals surface area contributed by atoms with Crippen LogP contribution in [0.3, 0.4) is 0 Å². The van der Waals surface area contributed by atoms with Gasteiger partial charge in [0.1, 0.15) is 17.2 Å². The molecule has 0 bridgehead atoms. The van der Waals surface area contributed by atoms with Crippen LogP contribution in [0.4, 0.5) is 5.82 Å². The molecule has 5 rings (SSSR count). The lowest BCUT2D eigenvalue weighted by atomic mass is 10.2. The van der Waals surface area contributed by atoms with Crippen LogP contribution in [0, 0.1) is 0 Å². The van der Waals surface area contributed by atoms with E-state index in [-0.39, 0.29) is 6.04 Å². The Morgan fingerprint density at radius 1 is 1.22 bits per heavy atom. The van der Waals surface area contributed by atoms with E-state index in [1.165, 1.54) is 9.71 Å². The van der Waals surface area contributed by atoms with Gasteiger partial charge in [-0.1, -0.05) is 12.1 Å². The Morgan fingerprint density at radius 3 is 3.13 bits per heavy atom. The number of aromatic nitrogens is 5. The smallest absolute Gasteiger partial charge is 0.160 e. The van der Waals surface area contributed by atoms with Crippen LogP contribution in [0.15, 0.2) is 36.8 Å². The molecule has 1 unspecified atom stereocenters. The molecule has 1 saturated heterocycles. The third kappa shape index (κ3) is 2.00. The van der Waals surface area contributed by atoms with Crippen molar-refractivity contribution in [1.29, 1.82) is 0 Å². The molecule has 4 aromatic rings. The molecule has 7 heteroatoms. The molecule has 0 saturated carbocycles. The highest BCUT2D eigenvalue weighted by molar-refractivity contribution is 7.18. The van der Waals surface area contributed by atoms with Gasteiger partial charge in [-0.15, -0.1) is 11.3 Å². The first-order valence-electron chi connectivity index (χ1n) is 7.66. The largest absolute Gasteiger partial charge is 0.346 e. The Labute approximate surface area is 136 Å². The van der Waals surface area contributed by atoms with E-state index in [0.717, 1.165) is 41.8 Å². The standard InChI is InChI=1S/C16H14N6S/c1-2-6-13-11(4-1)20-16(23-13)12-5-3-7-22(12)15-10-8-19-21-14(10)17-9-18-15/h1-2,4,6,8-9,12H,3,5,7H2,(H,17,18,19,21). The van der Waals surface area contributed by atoms with Crippen LogP contribution in [-0.2, 0) is 0 Å². The SMILES string of the molecule is c1ccc2sc(C3CCCN3c3ncnc4[nH]ncc34)nc2c1. The number of hydrogen-bond acceptors (Lipinski definition) is 6. The lowest BCUT2D eigenvalue weighted by molar-refractivity contribution is 0.709. The number of hydrogen-bond donors (Lipinski definition) is 1. The lowest BCUT2D eigenvalue weighted by Gasteiger charge is -2.24. The van der Waals surface area contributed by atoms with Gasteiger partial charge in [0.05, 0.1) is 27.8 Å². The summed E-state index contributed by atoms with van der Waals surface area (Å²) in [5.74, 6) is 0.950. The molecule has 4 heterocycles. The zero-order valence-electron chi connectivity index (χ0n) is 12.3. The molecule has 114 valence electrons. The maximum Gasteiger partial charge on any atom is 0.160 e. The van der Waals surface area contributed by atoms with Gasteiger partial charge in [-0.2, -0.15) is 5.10 Å². The number of thiazole rings is 1. The van der Waals surface area contributed by atoms with Gasteiger partial charge in [0.15, 0.2) is 5.65 Å². The molecular formula is C16H14N6S. The molecule has 1 aliphatic heterocycles. The van der Waals surface area contributed by atoms with Gasteiger partial charge in [0.2, 0.25) is 0 Å².